The number of rotatable bonds is 5. The summed E-state index contributed by atoms with van der Waals surface area (Å²) in [6.45, 7) is 1.41. The third-order valence-electron chi connectivity index (χ3n) is 2.43. The minimum atomic E-state index is 0.126. The minimum absolute atomic E-state index is 0.126. The fraction of sp³-hybridized carbons (Fsp3) is 0.250. The molecule has 0 bridgehead atoms. The third kappa shape index (κ3) is 3.22. The van der Waals surface area contributed by atoms with E-state index in [1.165, 1.54) is 7.11 Å². The van der Waals surface area contributed by atoms with Crippen molar-refractivity contribution in [3.8, 4) is 11.5 Å². The third-order valence-corrected chi connectivity index (χ3v) is 3.67. The Labute approximate surface area is 118 Å². The first kappa shape index (κ1) is 13.3. The number of methoxy groups -OCH3 is 1. The van der Waals surface area contributed by atoms with E-state index in [9.17, 15) is 5.11 Å². The molecule has 0 spiro atoms. The van der Waals surface area contributed by atoms with Gasteiger partial charge in [0.25, 0.3) is 0 Å². The fourth-order valence-corrected chi connectivity index (χ4v) is 2.59. The highest BCUT2D eigenvalue weighted by atomic mass is 79.9. The molecule has 0 aliphatic heterocycles. The summed E-state index contributed by atoms with van der Waals surface area (Å²) in [5.74, 6) is 0.593. The van der Waals surface area contributed by atoms with E-state index in [4.69, 9.17) is 4.74 Å². The standard InChI is InChI=1S/C12H13BrN2O2S/c1-17-11-3-8(2-10(13)12(11)16)4-14-5-9-6-18-7-15-9/h2-3,6-7,14,16H,4-5H2,1H3. The highest BCUT2D eigenvalue weighted by Crippen LogP contribution is 2.35. The number of phenols is 1. The number of nitrogens with one attached hydrogen (secondary N) is 1. The van der Waals surface area contributed by atoms with Crippen molar-refractivity contribution in [1.29, 1.82) is 0 Å². The van der Waals surface area contributed by atoms with Crippen LogP contribution in [0.15, 0.2) is 27.5 Å². The van der Waals surface area contributed by atoms with Gasteiger partial charge in [-0.25, -0.2) is 4.98 Å². The number of nitrogens with zero attached hydrogens (tertiary/aromatic N) is 1. The van der Waals surface area contributed by atoms with Gasteiger partial charge in [-0.2, -0.15) is 0 Å². The summed E-state index contributed by atoms with van der Waals surface area (Å²) in [6, 6.07) is 3.68. The average molecular weight is 329 g/mol. The van der Waals surface area contributed by atoms with Gasteiger partial charge in [0.2, 0.25) is 0 Å². The molecule has 0 amide bonds. The molecule has 2 aromatic rings. The zero-order chi connectivity index (χ0) is 13.0. The maximum Gasteiger partial charge on any atom is 0.172 e. The van der Waals surface area contributed by atoms with E-state index < -0.39 is 0 Å². The predicted octanol–water partition coefficient (Wildman–Crippen LogP) is 2.91. The Hall–Kier alpha value is -1.11. The van der Waals surface area contributed by atoms with Crippen LogP contribution in [0.1, 0.15) is 11.3 Å². The molecule has 1 aromatic carbocycles. The SMILES string of the molecule is COc1cc(CNCc2cscn2)cc(Br)c1O. The molecule has 0 unspecified atom stereocenters. The molecule has 0 saturated heterocycles. The van der Waals surface area contributed by atoms with Gasteiger partial charge in [-0.15, -0.1) is 11.3 Å². The van der Waals surface area contributed by atoms with Gasteiger partial charge in [0.15, 0.2) is 11.5 Å². The maximum atomic E-state index is 9.70. The predicted molar refractivity (Wildman–Crippen MR) is 75.0 cm³/mol. The summed E-state index contributed by atoms with van der Waals surface area (Å²) < 4.78 is 5.73. The van der Waals surface area contributed by atoms with Gasteiger partial charge >= 0.3 is 0 Å². The second-order valence-corrected chi connectivity index (χ2v) is 5.28. The zero-order valence-electron chi connectivity index (χ0n) is 9.81. The Morgan fingerprint density at radius 1 is 1.44 bits per heavy atom. The molecule has 0 saturated carbocycles. The van der Waals surface area contributed by atoms with E-state index in [2.05, 4.69) is 26.2 Å². The van der Waals surface area contributed by atoms with Gasteiger partial charge in [-0.3, -0.25) is 0 Å². The van der Waals surface area contributed by atoms with Crippen LogP contribution in [0.4, 0.5) is 0 Å². The van der Waals surface area contributed by atoms with Crippen LogP contribution in [0.2, 0.25) is 0 Å². The van der Waals surface area contributed by atoms with Gasteiger partial charge in [-0.1, -0.05) is 0 Å². The summed E-state index contributed by atoms with van der Waals surface area (Å²) in [5.41, 5.74) is 3.88. The molecule has 1 heterocycles. The van der Waals surface area contributed by atoms with Gasteiger partial charge in [-0.05, 0) is 33.6 Å². The van der Waals surface area contributed by atoms with E-state index in [1.54, 1.807) is 11.3 Å². The van der Waals surface area contributed by atoms with Crippen molar-refractivity contribution in [2.24, 2.45) is 0 Å². The van der Waals surface area contributed by atoms with Crippen LogP contribution in [0.25, 0.3) is 0 Å². The first-order valence-corrected chi connectivity index (χ1v) is 7.07. The summed E-state index contributed by atoms with van der Waals surface area (Å²) in [5, 5.41) is 15.0. The highest BCUT2D eigenvalue weighted by molar-refractivity contribution is 9.10. The van der Waals surface area contributed by atoms with Crippen LogP contribution < -0.4 is 10.1 Å². The van der Waals surface area contributed by atoms with Crippen molar-refractivity contribution in [3.05, 3.63) is 38.8 Å². The van der Waals surface area contributed by atoms with Crippen molar-refractivity contribution in [3.63, 3.8) is 0 Å². The summed E-state index contributed by atoms with van der Waals surface area (Å²) in [6.07, 6.45) is 0. The quantitative estimate of drug-likeness (QED) is 0.886. The normalized spacial score (nSPS) is 10.6. The largest absolute Gasteiger partial charge is 0.503 e. The summed E-state index contributed by atoms with van der Waals surface area (Å²) in [7, 11) is 1.54. The molecule has 4 nitrogen and oxygen atoms in total. The topological polar surface area (TPSA) is 54.4 Å². The number of aromatic nitrogens is 1. The molecule has 0 aliphatic rings. The Morgan fingerprint density at radius 2 is 2.28 bits per heavy atom. The monoisotopic (exact) mass is 328 g/mol. The molecule has 2 rings (SSSR count). The lowest BCUT2D eigenvalue weighted by Crippen LogP contribution is -2.12. The van der Waals surface area contributed by atoms with Crippen molar-refractivity contribution in [2.75, 3.05) is 7.11 Å². The molecule has 6 heteroatoms. The number of hydrogen-bond acceptors (Lipinski definition) is 5. The number of thiazole rings is 1. The van der Waals surface area contributed by atoms with Crippen LogP contribution in [-0.4, -0.2) is 17.2 Å². The number of ether oxygens (including phenoxy) is 1. The summed E-state index contributed by atoms with van der Waals surface area (Å²) >= 11 is 4.88. The number of halogens is 1. The van der Waals surface area contributed by atoms with Gasteiger partial charge in [0.1, 0.15) is 0 Å². The van der Waals surface area contributed by atoms with Crippen LogP contribution >= 0.6 is 27.3 Å². The lowest BCUT2D eigenvalue weighted by molar-refractivity contribution is 0.371. The van der Waals surface area contributed by atoms with Crippen molar-refractivity contribution < 1.29 is 9.84 Å². The first-order chi connectivity index (χ1) is 8.70. The van der Waals surface area contributed by atoms with Crippen molar-refractivity contribution in [1.82, 2.24) is 10.3 Å². The Bertz CT molecular complexity index is 517. The van der Waals surface area contributed by atoms with Crippen molar-refractivity contribution >= 4 is 27.3 Å². The van der Waals surface area contributed by atoms with Gasteiger partial charge < -0.3 is 15.2 Å². The second-order valence-electron chi connectivity index (χ2n) is 3.71. The van der Waals surface area contributed by atoms with Gasteiger partial charge in [0, 0.05) is 18.5 Å². The molecule has 0 atom stereocenters. The number of hydrogen-bond donors (Lipinski definition) is 2. The Balaban J connectivity index is 1.99. The smallest absolute Gasteiger partial charge is 0.172 e. The molecule has 18 heavy (non-hydrogen) atoms. The molecular weight excluding hydrogens is 316 g/mol. The first-order valence-electron chi connectivity index (χ1n) is 5.34. The molecule has 96 valence electrons. The molecule has 2 N–H and O–H groups in total. The highest BCUT2D eigenvalue weighted by Gasteiger charge is 2.08. The minimum Gasteiger partial charge on any atom is -0.503 e. The fourth-order valence-electron chi connectivity index (χ4n) is 1.54. The zero-order valence-corrected chi connectivity index (χ0v) is 12.2. The molecule has 0 radical (unpaired) electrons. The molecule has 1 aromatic heterocycles. The number of benzene rings is 1. The second kappa shape index (κ2) is 6.17. The summed E-state index contributed by atoms with van der Waals surface area (Å²) in [4.78, 5) is 4.19. The van der Waals surface area contributed by atoms with E-state index in [0.717, 1.165) is 17.8 Å². The van der Waals surface area contributed by atoms with E-state index in [-0.39, 0.29) is 5.75 Å². The molecule has 0 fully saturated rings. The lowest BCUT2D eigenvalue weighted by atomic mass is 10.2. The molecule has 0 aliphatic carbocycles. The van der Waals surface area contributed by atoms with Gasteiger partial charge in [0.05, 0.1) is 22.8 Å². The van der Waals surface area contributed by atoms with Crippen molar-refractivity contribution in [2.45, 2.75) is 13.1 Å². The number of phenolic OH excluding ortho intramolecular Hbond substituents is 1. The van der Waals surface area contributed by atoms with Crippen LogP contribution in [0, 0.1) is 0 Å². The Morgan fingerprint density at radius 3 is 2.94 bits per heavy atom. The van der Waals surface area contributed by atoms with Crippen LogP contribution in [0.3, 0.4) is 0 Å². The molecular formula is C12H13BrN2O2S. The van der Waals surface area contributed by atoms with E-state index >= 15 is 0 Å². The average Bonchev–Trinajstić information content (AvgIpc) is 2.86. The maximum absolute atomic E-state index is 9.70. The van der Waals surface area contributed by atoms with E-state index in [1.807, 2.05) is 23.0 Å². The lowest BCUT2D eigenvalue weighted by Gasteiger charge is -2.09. The van der Waals surface area contributed by atoms with Crippen LogP contribution in [-0.2, 0) is 13.1 Å². The Kier molecular flexibility index (Phi) is 4.57. The van der Waals surface area contributed by atoms with E-state index in [0.29, 0.717) is 16.8 Å². The van der Waals surface area contributed by atoms with Crippen LogP contribution in [0.5, 0.6) is 11.5 Å². The number of aromatic hydroxyl groups is 1.